The summed E-state index contributed by atoms with van der Waals surface area (Å²) in [6.07, 6.45) is 0. The third-order valence-electron chi connectivity index (χ3n) is 3.30. The molecule has 0 aliphatic heterocycles. The van der Waals surface area contributed by atoms with Crippen molar-refractivity contribution in [2.24, 2.45) is 0 Å². The lowest BCUT2D eigenvalue weighted by Gasteiger charge is -2.20. The number of nitrogens with one attached hydrogen (secondary N) is 1. The lowest BCUT2D eigenvalue weighted by molar-refractivity contribution is 0.841. The molecule has 2 rings (SSSR count). The molecule has 2 aromatic rings. The van der Waals surface area contributed by atoms with Crippen molar-refractivity contribution in [1.29, 1.82) is 0 Å². The molecule has 1 atom stereocenters. The van der Waals surface area contributed by atoms with Gasteiger partial charge in [0, 0.05) is 16.8 Å². The molecule has 19 heavy (non-hydrogen) atoms. The van der Waals surface area contributed by atoms with Gasteiger partial charge in [-0.1, -0.05) is 55.8 Å². The Morgan fingerprint density at radius 3 is 2.37 bits per heavy atom. The number of anilines is 1. The highest BCUT2D eigenvalue weighted by Crippen LogP contribution is 2.28. The molecule has 1 N–H and O–H groups in total. The van der Waals surface area contributed by atoms with E-state index in [1.165, 1.54) is 16.8 Å². The molecule has 0 amide bonds. The summed E-state index contributed by atoms with van der Waals surface area (Å²) in [7, 11) is 0. The van der Waals surface area contributed by atoms with Gasteiger partial charge in [-0.15, -0.1) is 0 Å². The van der Waals surface area contributed by atoms with E-state index in [2.05, 4.69) is 56.4 Å². The fourth-order valence-corrected chi connectivity index (χ4v) is 2.42. The summed E-state index contributed by atoms with van der Waals surface area (Å²) in [5, 5.41) is 4.36. The van der Waals surface area contributed by atoms with Gasteiger partial charge in [0.05, 0.1) is 0 Å². The highest BCUT2D eigenvalue weighted by Gasteiger charge is 2.10. The number of rotatable bonds is 4. The van der Waals surface area contributed by atoms with Crippen molar-refractivity contribution >= 4 is 17.3 Å². The molecule has 0 aromatic heterocycles. The van der Waals surface area contributed by atoms with E-state index in [0.717, 1.165) is 5.02 Å². The van der Waals surface area contributed by atoms with E-state index in [0.29, 0.717) is 5.92 Å². The maximum Gasteiger partial charge on any atom is 0.0486 e. The van der Waals surface area contributed by atoms with Crippen molar-refractivity contribution in [3.63, 3.8) is 0 Å². The molecule has 0 aliphatic rings. The fraction of sp³-hybridized carbons (Fsp3) is 0.294. The summed E-state index contributed by atoms with van der Waals surface area (Å²) in [6, 6.07) is 16.7. The Balaban J connectivity index is 2.22. The quantitative estimate of drug-likeness (QED) is 0.760. The second kappa shape index (κ2) is 6.12. The summed E-state index contributed by atoms with van der Waals surface area (Å²) in [4.78, 5) is 0. The first-order valence-corrected chi connectivity index (χ1v) is 7.06. The molecule has 0 saturated heterocycles. The van der Waals surface area contributed by atoms with Crippen LogP contribution in [-0.2, 0) is 0 Å². The molecule has 2 heteroatoms. The predicted octanol–water partition coefficient (Wildman–Crippen LogP) is 5.64. The zero-order valence-corrected chi connectivity index (χ0v) is 12.4. The molecule has 0 fully saturated rings. The molecule has 0 radical (unpaired) electrons. The van der Waals surface area contributed by atoms with Gasteiger partial charge in [-0.2, -0.15) is 0 Å². The Morgan fingerprint density at radius 2 is 1.68 bits per heavy atom. The minimum absolute atomic E-state index is 0.235. The monoisotopic (exact) mass is 273 g/mol. The van der Waals surface area contributed by atoms with Gasteiger partial charge in [-0.25, -0.2) is 0 Å². The van der Waals surface area contributed by atoms with Crippen LogP contribution in [0.2, 0.25) is 5.02 Å². The summed E-state index contributed by atoms with van der Waals surface area (Å²) in [6.45, 7) is 6.58. The maximum absolute atomic E-state index is 6.05. The highest BCUT2D eigenvalue weighted by molar-refractivity contribution is 6.30. The smallest absolute Gasteiger partial charge is 0.0486 e. The fourth-order valence-electron chi connectivity index (χ4n) is 2.22. The summed E-state index contributed by atoms with van der Waals surface area (Å²) < 4.78 is 0. The van der Waals surface area contributed by atoms with Crippen LogP contribution in [0.1, 0.15) is 43.9 Å². The Bertz CT molecular complexity index is 548. The molecule has 1 unspecified atom stereocenters. The Morgan fingerprint density at radius 1 is 0.947 bits per heavy atom. The van der Waals surface area contributed by atoms with Crippen molar-refractivity contribution in [1.82, 2.24) is 0 Å². The number of benzene rings is 2. The summed E-state index contributed by atoms with van der Waals surface area (Å²) in [5.74, 6) is 0.510. The largest absolute Gasteiger partial charge is 0.378 e. The number of para-hydroxylation sites is 1. The minimum Gasteiger partial charge on any atom is -0.378 e. The predicted molar refractivity (Wildman–Crippen MR) is 84.0 cm³/mol. The van der Waals surface area contributed by atoms with Crippen LogP contribution in [-0.4, -0.2) is 0 Å². The molecule has 0 bridgehead atoms. The second-order valence-corrected chi connectivity index (χ2v) is 5.60. The summed E-state index contributed by atoms with van der Waals surface area (Å²) >= 11 is 6.05. The van der Waals surface area contributed by atoms with Crippen LogP contribution in [0, 0.1) is 0 Å². The van der Waals surface area contributed by atoms with E-state index in [-0.39, 0.29) is 6.04 Å². The minimum atomic E-state index is 0.235. The van der Waals surface area contributed by atoms with Crippen LogP contribution < -0.4 is 5.32 Å². The molecule has 1 nitrogen and oxygen atoms in total. The molecule has 2 aromatic carbocycles. The van der Waals surface area contributed by atoms with E-state index >= 15 is 0 Å². The molecule has 0 heterocycles. The van der Waals surface area contributed by atoms with E-state index in [1.54, 1.807) is 0 Å². The Hall–Kier alpha value is -1.47. The van der Waals surface area contributed by atoms with Crippen LogP contribution in [0.4, 0.5) is 5.69 Å². The first kappa shape index (κ1) is 14.0. The summed E-state index contributed by atoms with van der Waals surface area (Å²) in [5.41, 5.74) is 3.74. The van der Waals surface area contributed by atoms with Crippen LogP contribution >= 0.6 is 11.6 Å². The molecular formula is C17H20ClN. The average Bonchev–Trinajstić information content (AvgIpc) is 2.39. The maximum atomic E-state index is 6.05. The molecular weight excluding hydrogens is 254 g/mol. The highest BCUT2D eigenvalue weighted by atomic mass is 35.5. The number of hydrogen-bond donors (Lipinski definition) is 1. The number of hydrogen-bond acceptors (Lipinski definition) is 1. The normalized spacial score (nSPS) is 12.5. The van der Waals surface area contributed by atoms with Crippen molar-refractivity contribution in [2.75, 3.05) is 5.32 Å². The van der Waals surface area contributed by atoms with Gasteiger partial charge in [0.2, 0.25) is 0 Å². The topological polar surface area (TPSA) is 12.0 Å². The van der Waals surface area contributed by atoms with E-state index in [1.807, 2.05) is 18.2 Å². The van der Waals surface area contributed by atoms with Crippen LogP contribution in [0.3, 0.4) is 0 Å². The Kier molecular flexibility index (Phi) is 4.49. The van der Waals surface area contributed by atoms with Crippen molar-refractivity contribution in [2.45, 2.75) is 32.7 Å². The Labute approximate surface area is 120 Å². The van der Waals surface area contributed by atoms with Crippen molar-refractivity contribution in [3.05, 3.63) is 64.7 Å². The van der Waals surface area contributed by atoms with E-state index < -0.39 is 0 Å². The van der Waals surface area contributed by atoms with Gasteiger partial charge in [0.25, 0.3) is 0 Å². The van der Waals surface area contributed by atoms with E-state index in [4.69, 9.17) is 11.6 Å². The standard InChI is InChI=1S/C17H20ClN/c1-12(2)16-9-4-5-10-17(16)19-13(3)14-7-6-8-15(18)11-14/h4-13,19H,1-3H3. The van der Waals surface area contributed by atoms with Gasteiger partial charge in [0.1, 0.15) is 0 Å². The lowest BCUT2D eigenvalue weighted by atomic mass is 10.00. The van der Waals surface area contributed by atoms with Crippen molar-refractivity contribution < 1.29 is 0 Å². The molecule has 0 aliphatic carbocycles. The van der Waals surface area contributed by atoms with E-state index in [9.17, 15) is 0 Å². The zero-order valence-electron chi connectivity index (χ0n) is 11.7. The zero-order chi connectivity index (χ0) is 13.8. The van der Waals surface area contributed by atoms with Gasteiger partial charge < -0.3 is 5.32 Å². The SMILES string of the molecule is CC(C)c1ccccc1NC(C)c1cccc(Cl)c1. The first-order chi connectivity index (χ1) is 9.08. The van der Waals surface area contributed by atoms with Crippen LogP contribution in [0.25, 0.3) is 0 Å². The average molecular weight is 274 g/mol. The van der Waals surface area contributed by atoms with Crippen molar-refractivity contribution in [3.8, 4) is 0 Å². The van der Waals surface area contributed by atoms with Crippen LogP contribution in [0.5, 0.6) is 0 Å². The van der Waals surface area contributed by atoms with Crippen LogP contribution in [0.15, 0.2) is 48.5 Å². The number of halogens is 1. The molecule has 100 valence electrons. The third-order valence-corrected chi connectivity index (χ3v) is 3.54. The second-order valence-electron chi connectivity index (χ2n) is 5.16. The van der Waals surface area contributed by atoms with Gasteiger partial charge in [-0.3, -0.25) is 0 Å². The third kappa shape index (κ3) is 3.51. The van der Waals surface area contributed by atoms with Gasteiger partial charge in [-0.05, 0) is 42.2 Å². The molecule has 0 saturated carbocycles. The lowest BCUT2D eigenvalue weighted by Crippen LogP contribution is -2.08. The molecule has 0 spiro atoms. The van der Waals surface area contributed by atoms with Gasteiger partial charge in [0.15, 0.2) is 0 Å². The first-order valence-electron chi connectivity index (χ1n) is 6.69. The van der Waals surface area contributed by atoms with Gasteiger partial charge >= 0.3 is 0 Å².